The van der Waals surface area contributed by atoms with E-state index in [2.05, 4.69) is 32.9 Å². The van der Waals surface area contributed by atoms with Gasteiger partial charge in [0.2, 0.25) is 0 Å². The van der Waals surface area contributed by atoms with Crippen LogP contribution in [0.2, 0.25) is 0 Å². The number of carbonyl (C=O) groups is 1. The Hall–Kier alpha value is -2.02. The predicted octanol–water partition coefficient (Wildman–Crippen LogP) is 3.71. The Labute approximate surface area is 142 Å². The van der Waals surface area contributed by atoms with Crippen LogP contribution in [0.1, 0.15) is 15.9 Å². The van der Waals surface area contributed by atoms with Crippen LogP contribution in [0.15, 0.2) is 48.7 Å². The second-order valence-electron chi connectivity index (χ2n) is 4.90. The molecule has 1 heterocycles. The predicted molar refractivity (Wildman–Crippen MR) is 95.2 cm³/mol. The number of fused-ring (bicyclic) bond motifs is 1. The molecule has 0 aliphatic heterocycles. The van der Waals surface area contributed by atoms with Gasteiger partial charge in [0.1, 0.15) is 5.75 Å². The molecule has 0 aliphatic rings. The van der Waals surface area contributed by atoms with Crippen LogP contribution in [-0.4, -0.2) is 18.0 Å². The van der Waals surface area contributed by atoms with E-state index in [1.54, 1.807) is 13.3 Å². The number of ether oxygens (including phenoxy) is 1. The van der Waals surface area contributed by atoms with Crippen LogP contribution in [0, 0.1) is 3.57 Å². The fraction of sp³-hybridized carbons (Fsp3) is 0.118. The first-order valence-corrected chi connectivity index (χ1v) is 7.93. The van der Waals surface area contributed by atoms with Gasteiger partial charge in [-0.1, -0.05) is 18.2 Å². The van der Waals surface area contributed by atoms with E-state index in [9.17, 15) is 4.79 Å². The van der Waals surface area contributed by atoms with Gasteiger partial charge in [0, 0.05) is 27.2 Å². The fourth-order valence-electron chi connectivity index (χ4n) is 2.34. The van der Waals surface area contributed by atoms with Crippen molar-refractivity contribution in [1.29, 1.82) is 0 Å². The number of methoxy groups -OCH3 is 1. The van der Waals surface area contributed by atoms with Gasteiger partial charge in [-0.2, -0.15) is 0 Å². The summed E-state index contributed by atoms with van der Waals surface area (Å²) in [5.74, 6) is 0.729. The Morgan fingerprint density at radius 1 is 1.23 bits per heavy atom. The summed E-state index contributed by atoms with van der Waals surface area (Å²) in [5.41, 5.74) is 2.68. The number of aromatic nitrogens is 1. The molecule has 0 unspecified atom stereocenters. The average molecular weight is 406 g/mol. The molecular formula is C17H15IN2O2. The van der Waals surface area contributed by atoms with Crippen molar-refractivity contribution in [3.8, 4) is 5.75 Å². The molecule has 0 aliphatic carbocycles. The minimum absolute atomic E-state index is 0.0776. The molecule has 0 atom stereocenters. The molecule has 0 radical (unpaired) electrons. The minimum Gasteiger partial charge on any atom is -0.497 e. The summed E-state index contributed by atoms with van der Waals surface area (Å²) in [6.07, 6.45) is 1.76. The molecule has 0 saturated carbocycles. The van der Waals surface area contributed by atoms with E-state index >= 15 is 0 Å². The van der Waals surface area contributed by atoms with E-state index in [1.807, 2.05) is 42.5 Å². The van der Waals surface area contributed by atoms with Gasteiger partial charge in [0.05, 0.1) is 12.7 Å². The average Bonchev–Trinajstić information content (AvgIpc) is 2.98. The number of halogens is 1. The highest BCUT2D eigenvalue weighted by molar-refractivity contribution is 14.1. The van der Waals surface area contributed by atoms with E-state index in [-0.39, 0.29) is 5.91 Å². The molecule has 4 nitrogen and oxygen atoms in total. The maximum absolute atomic E-state index is 12.4. The van der Waals surface area contributed by atoms with Gasteiger partial charge in [0.25, 0.3) is 5.91 Å². The van der Waals surface area contributed by atoms with Crippen molar-refractivity contribution in [2.75, 3.05) is 7.11 Å². The summed E-state index contributed by atoms with van der Waals surface area (Å²) in [6, 6.07) is 13.6. The smallest absolute Gasteiger partial charge is 0.253 e. The maximum atomic E-state index is 12.4. The lowest BCUT2D eigenvalue weighted by molar-refractivity contribution is 0.0952. The summed E-state index contributed by atoms with van der Waals surface area (Å²) in [5, 5.41) is 3.92. The lowest BCUT2D eigenvalue weighted by atomic mass is 10.1. The number of benzene rings is 2. The Morgan fingerprint density at radius 2 is 2.00 bits per heavy atom. The SMILES string of the molecule is COc1ccc(CNC(=O)c2c[nH]c3cccc(I)c23)cc1. The van der Waals surface area contributed by atoms with Crippen LogP contribution in [-0.2, 0) is 6.54 Å². The summed E-state index contributed by atoms with van der Waals surface area (Å²) in [7, 11) is 1.63. The Kier molecular flexibility index (Phi) is 4.33. The topological polar surface area (TPSA) is 54.1 Å². The molecule has 0 spiro atoms. The molecule has 0 bridgehead atoms. The number of nitrogens with one attached hydrogen (secondary N) is 2. The first-order valence-electron chi connectivity index (χ1n) is 6.86. The first-order chi connectivity index (χ1) is 10.7. The molecule has 5 heteroatoms. The number of amides is 1. The second kappa shape index (κ2) is 6.39. The third-order valence-electron chi connectivity index (χ3n) is 3.51. The standard InChI is InChI=1S/C17H15IN2O2/c1-22-12-7-5-11(6-8-12)9-20-17(21)13-10-19-15-4-2-3-14(18)16(13)15/h2-8,10,19H,9H2,1H3,(H,20,21). The molecular weight excluding hydrogens is 391 g/mol. The van der Waals surface area contributed by atoms with Crippen molar-refractivity contribution in [1.82, 2.24) is 10.3 Å². The van der Waals surface area contributed by atoms with Gasteiger partial charge in [-0.15, -0.1) is 0 Å². The van der Waals surface area contributed by atoms with Crippen molar-refractivity contribution in [3.05, 3.63) is 63.4 Å². The number of hydrogen-bond acceptors (Lipinski definition) is 2. The van der Waals surface area contributed by atoms with Crippen LogP contribution in [0.4, 0.5) is 0 Å². The van der Waals surface area contributed by atoms with Gasteiger partial charge in [-0.05, 0) is 52.4 Å². The van der Waals surface area contributed by atoms with Crippen molar-refractivity contribution in [2.45, 2.75) is 6.54 Å². The molecule has 2 N–H and O–H groups in total. The van der Waals surface area contributed by atoms with E-state index in [0.717, 1.165) is 25.8 Å². The molecule has 0 saturated heterocycles. The molecule has 2 aromatic carbocycles. The van der Waals surface area contributed by atoms with Crippen molar-refractivity contribution < 1.29 is 9.53 Å². The van der Waals surface area contributed by atoms with E-state index in [0.29, 0.717) is 12.1 Å². The summed E-state index contributed by atoms with van der Waals surface area (Å²) < 4.78 is 6.18. The third kappa shape index (κ3) is 2.94. The molecule has 112 valence electrons. The Bertz CT molecular complexity index is 809. The lowest BCUT2D eigenvalue weighted by Crippen LogP contribution is -2.22. The number of aromatic amines is 1. The van der Waals surface area contributed by atoms with E-state index in [1.165, 1.54) is 0 Å². The number of hydrogen-bond donors (Lipinski definition) is 2. The van der Waals surface area contributed by atoms with Crippen LogP contribution in [0.3, 0.4) is 0 Å². The normalized spacial score (nSPS) is 10.6. The van der Waals surface area contributed by atoms with Gasteiger partial charge < -0.3 is 15.0 Å². The zero-order chi connectivity index (χ0) is 15.5. The van der Waals surface area contributed by atoms with E-state index < -0.39 is 0 Å². The quantitative estimate of drug-likeness (QED) is 0.650. The zero-order valence-corrected chi connectivity index (χ0v) is 14.2. The largest absolute Gasteiger partial charge is 0.497 e. The Balaban J connectivity index is 1.76. The summed E-state index contributed by atoms with van der Waals surface area (Å²) >= 11 is 2.25. The van der Waals surface area contributed by atoms with Gasteiger partial charge in [0.15, 0.2) is 0 Å². The van der Waals surface area contributed by atoms with Gasteiger partial charge in [-0.3, -0.25) is 4.79 Å². The molecule has 0 fully saturated rings. The number of rotatable bonds is 4. The monoisotopic (exact) mass is 406 g/mol. The van der Waals surface area contributed by atoms with E-state index in [4.69, 9.17) is 4.74 Å². The highest BCUT2D eigenvalue weighted by Gasteiger charge is 2.13. The van der Waals surface area contributed by atoms with Crippen LogP contribution in [0.25, 0.3) is 10.9 Å². The van der Waals surface area contributed by atoms with Crippen molar-refractivity contribution in [2.24, 2.45) is 0 Å². The molecule has 1 amide bonds. The van der Waals surface area contributed by atoms with Crippen LogP contribution < -0.4 is 10.1 Å². The molecule has 1 aromatic heterocycles. The summed E-state index contributed by atoms with van der Waals surface area (Å²) in [6.45, 7) is 0.485. The van der Waals surface area contributed by atoms with Gasteiger partial charge in [-0.25, -0.2) is 0 Å². The molecule has 3 rings (SSSR count). The summed E-state index contributed by atoms with van der Waals surface area (Å²) in [4.78, 5) is 15.6. The number of carbonyl (C=O) groups excluding carboxylic acids is 1. The third-order valence-corrected chi connectivity index (χ3v) is 4.41. The van der Waals surface area contributed by atoms with Crippen LogP contribution >= 0.6 is 22.6 Å². The highest BCUT2D eigenvalue weighted by atomic mass is 127. The first kappa shape index (κ1) is 14.9. The Morgan fingerprint density at radius 3 is 2.73 bits per heavy atom. The number of H-pyrrole nitrogens is 1. The van der Waals surface area contributed by atoms with Crippen molar-refractivity contribution >= 4 is 39.4 Å². The molecule has 3 aromatic rings. The van der Waals surface area contributed by atoms with Crippen molar-refractivity contribution in [3.63, 3.8) is 0 Å². The maximum Gasteiger partial charge on any atom is 0.253 e. The zero-order valence-electron chi connectivity index (χ0n) is 12.0. The molecule has 22 heavy (non-hydrogen) atoms. The minimum atomic E-state index is -0.0776. The highest BCUT2D eigenvalue weighted by Crippen LogP contribution is 2.24. The van der Waals surface area contributed by atoms with Gasteiger partial charge >= 0.3 is 0 Å². The second-order valence-corrected chi connectivity index (χ2v) is 6.06. The lowest BCUT2D eigenvalue weighted by Gasteiger charge is -2.06. The fourth-order valence-corrected chi connectivity index (χ4v) is 3.13. The van der Waals surface area contributed by atoms with Crippen LogP contribution in [0.5, 0.6) is 5.75 Å².